The van der Waals surface area contributed by atoms with E-state index in [2.05, 4.69) is 24.4 Å². The second-order valence-electron chi connectivity index (χ2n) is 4.85. The molecule has 1 aliphatic heterocycles. The van der Waals surface area contributed by atoms with Crippen LogP contribution in [0, 0.1) is 0 Å². The van der Waals surface area contributed by atoms with E-state index in [0.29, 0.717) is 13.2 Å². The van der Waals surface area contributed by atoms with Crippen LogP contribution in [0.25, 0.3) is 0 Å². The lowest BCUT2D eigenvalue weighted by molar-refractivity contribution is 0.171. The Hall–Kier alpha value is -1.59. The van der Waals surface area contributed by atoms with Gasteiger partial charge in [-0.2, -0.15) is 0 Å². The first-order chi connectivity index (χ1) is 10.3. The maximum Gasteiger partial charge on any atom is 0.162 e. The average Bonchev–Trinajstić information content (AvgIpc) is 3.06. The smallest absolute Gasteiger partial charge is 0.162 e. The number of ether oxygens (including phenoxy) is 2. The van der Waals surface area contributed by atoms with E-state index < -0.39 is 0 Å². The third-order valence-corrected chi connectivity index (χ3v) is 4.30. The first-order valence-electron chi connectivity index (χ1n) is 7.12. The standard InChI is InChI=1S/C16H19NO3S/c1-12(14-3-2-7-18-14)17-6-10-21-13-4-5-15-16(11-13)20-9-8-19-15/h2-5,7,11-12,17H,6,8-10H2,1H3. The summed E-state index contributed by atoms with van der Waals surface area (Å²) in [5.41, 5.74) is 0. The summed E-state index contributed by atoms with van der Waals surface area (Å²) in [7, 11) is 0. The number of hydrogen-bond donors (Lipinski definition) is 1. The zero-order chi connectivity index (χ0) is 14.5. The Labute approximate surface area is 128 Å². The Balaban J connectivity index is 1.45. The van der Waals surface area contributed by atoms with E-state index in [4.69, 9.17) is 13.9 Å². The fourth-order valence-electron chi connectivity index (χ4n) is 2.20. The van der Waals surface area contributed by atoms with E-state index in [1.54, 1.807) is 18.0 Å². The van der Waals surface area contributed by atoms with Crippen molar-refractivity contribution in [1.29, 1.82) is 0 Å². The summed E-state index contributed by atoms with van der Waals surface area (Å²) >= 11 is 1.80. The molecule has 5 heteroatoms. The average molecular weight is 305 g/mol. The molecule has 0 fully saturated rings. The summed E-state index contributed by atoms with van der Waals surface area (Å²) in [5.74, 6) is 3.66. The molecule has 1 aliphatic rings. The number of thioether (sulfide) groups is 1. The number of fused-ring (bicyclic) bond motifs is 1. The summed E-state index contributed by atoms with van der Waals surface area (Å²) in [6.45, 7) is 4.28. The van der Waals surface area contributed by atoms with E-state index in [1.807, 2.05) is 18.2 Å². The molecule has 0 saturated carbocycles. The molecule has 1 aromatic heterocycles. The lowest BCUT2D eigenvalue weighted by Crippen LogP contribution is -2.20. The minimum absolute atomic E-state index is 0.237. The molecule has 2 heterocycles. The molecule has 21 heavy (non-hydrogen) atoms. The van der Waals surface area contributed by atoms with Crippen molar-refractivity contribution in [2.45, 2.75) is 17.9 Å². The third-order valence-electron chi connectivity index (χ3n) is 3.30. The van der Waals surface area contributed by atoms with Crippen molar-refractivity contribution in [3.8, 4) is 11.5 Å². The van der Waals surface area contributed by atoms with Gasteiger partial charge in [0.1, 0.15) is 19.0 Å². The van der Waals surface area contributed by atoms with Gasteiger partial charge in [-0.1, -0.05) is 0 Å². The molecule has 1 aromatic carbocycles. The van der Waals surface area contributed by atoms with Gasteiger partial charge in [-0.25, -0.2) is 0 Å². The molecular weight excluding hydrogens is 286 g/mol. The van der Waals surface area contributed by atoms with Crippen LogP contribution in [0.5, 0.6) is 11.5 Å². The second-order valence-corrected chi connectivity index (χ2v) is 6.01. The number of furan rings is 1. The number of hydrogen-bond acceptors (Lipinski definition) is 5. The van der Waals surface area contributed by atoms with Crippen LogP contribution in [0.4, 0.5) is 0 Å². The SMILES string of the molecule is CC(NCCSc1ccc2c(c1)OCCO2)c1ccco1. The lowest BCUT2D eigenvalue weighted by atomic mass is 10.2. The Bertz CT molecular complexity index is 571. The van der Waals surface area contributed by atoms with Crippen LogP contribution in [-0.4, -0.2) is 25.5 Å². The van der Waals surface area contributed by atoms with Gasteiger partial charge in [-0.05, 0) is 37.3 Å². The molecule has 2 aromatic rings. The topological polar surface area (TPSA) is 43.6 Å². The van der Waals surface area contributed by atoms with Crippen molar-refractivity contribution >= 4 is 11.8 Å². The second kappa shape index (κ2) is 6.91. The molecule has 1 unspecified atom stereocenters. The van der Waals surface area contributed by atoms with Crippen LogP contribution in [0.3, 0.4) is 0 Å². The van der Waals surface area contributed by atoms with Gasteiger partial charge in [0.2, 0.25) is 0 Å². The minimum atomic E-state index is 0.237. The van der Waals surface area contributed by atoms with Crippen molar-refractivity contribution in [1.82, 2.24) is 5.32 Å². The van der Waals surface area contributed by atoms with Crippen LogP contribution < -0.4 is 14.8 Å². The maximum absolute atomic E-state index is 5.59. The Morgan fingerprint density at radius 1 is 1.19 bits per heavy atom. The van der Waals surface area contributed by atoms with Gasteiger partial charge in [0, 0.05) is 17.2 Å². The van der Waals surface area contributed by atoms with Crippen molar-refractivity contribution in [3.63, 3.8) is 0 Å². The van der Waals surface area contributed by atoms with E-state index in [9.17, 15) is 0 Å². The van der Waals surface area contributed by atoms with Crippen LogP contribution in [0.15, 0.2) is 45.9 Å². The van der Waals surface area contributed by atoms with Gasteiger partial charge in [0.05, 0.1) is 12.3 Å². The summed E-state index contributed by atoms with van der Waals surface area (Å²) in [5, 5.41) is 3.45. The Morgan fingerprint density at radius 2 is 2.05 bits per heavy atom. The van der Waals surface area contributed by atoms with Gasteiger partial charge >= 0.3 is 0 Å². The first-order valence-corrected chi connectivity index (χ1v) is 8.11. The Morgan fingerprint density at radius 3 is 2.86 bits per heavy atom. The fourth-order valence-corrected chi connectivity index (χ4v) is 3.01. The third kappa shape index (κ3) is 3.74. The van der Waals surface area contributed by atoms with Gasteiger partial charge in [0.15, 0.2) is 11.5 Å². The summed E-state index contributed by atoms with van der Waals surface area (Å²) in [6, 6.07) is 10.3. The van der Waals surface area contributed by atoms with E-state index in [1.165, 1.54) is 4.90 Å². The molecule has 1 N–H and O–H groups in total. The van der Waals surface area contributed by atoms with E-state index >= 15 is 0 Å². The van der Waals surface area contributed by atoms with Crippen LogP contribution in [0.1, 0.15) is 18.7 Å². The molecule has 0 saturated heterocycles. The molecule has 0 bridgehead atoms. The van der Waals surface area contributed by atoms with Crippen LogP contribution in [-0.2, 0) is 0 Å². The summed E-state index contributed by atoms with van der Waals surface area (Å²) in [4.78, 5) is 1.20. The quantitative estimate of drug-likeness (QED) is 0.653. The van der Waals surface area contributed by atoms with Crippen molar-refractivity contribution in [3.05, 3.63) is 42.4 Å². The normalized spacial score (nSPS) is 14.9. The van der Waals surface area contributed by atoms with E-state index in [0.717, 1.165) is 29.6 Å². The highest BCUT2D eigenvalue weighted by Gasteiger charge is 2.12. The number of nitrogens with one attached hydrogen (secondary N) is 1. The maximum atomic E-state index is 5.59. The molecular formula is C16H19NO3S. The highest BCUT2D eigenvalue weighted by atomic mass is 32.2. The monoisotopic (exact) mass is 305 g/mol. The van der Waals surface area contributed by atoms with Gasteiger partial charge in [-0.3, -0.25) is 0 Å². The minimum Gasteiger partial charge on any atom is -0.486 e. The molecule has 112 valence electrons. The van der Waals surface area contributed by atoms with Crippen LogP contribution >= 0.6 is 11.8 Å². The molecule has 1 atom stereocenters. The number of rotatable bonds is 6. The molecule has 0 amide bonds. The zero-order valence-corrected chi connectivity index (χ0v) is 12.8. The highest BCUT2D eigenvalue weighted by Crippen LogP contribution is 2.34. The van der Waals surface area contributed by atoms with Crippen LogP contribution in [0.2, 0.25) is 0 Å². The molecule has 0 aliphatic carbocycles. The van der Waals surface area contributed by atoms with Crippen molar-refractivity contribution in [2.24, 2.45) is 0 Å². The molecule has 4 nitrogen and oxygen atoms in total. The van der Waals surface area contributed by atoms with Gasteiger partial charge in [-0.15, -0.1) is 11.8 Å². The summed E-state index contributed by atoms with van der Waals surface area (Å²) < 4.78 is 16.5. The van der Waals surface area contributed by atoms with Crippen molar-refractivity contribution < 1.29 is 13.9 Å². The zero-order valence-electron chi connectivity index (χ0n) is 12.0. The highest BCUT2D eigenvalue weighted by molar-refractivity contribution is 7.99. The van der Waals surface area contributed by atoms with Crippen molar-refractivity contribution in [2.75, 3.05) is 25.5 Å². The molecule has 0 radical (unpaired) electrons. The first kappa shape index (κ1) is 14.4. The lowest BCUT2D eigenvalue weighted by Gasteiger charge is -2.18. The predicted molar refractivity (Wildman–Crippen MR) is 83.3 cm³/mol. The molecule has 3 rings (SSSR count). The number of benzene rings is 1. The van der Waals surface area contributed by atoms with E-state index in [-0.39, 0.29) is 6.04 Å². The summed E-state index contributed by atoms with van der Waals surface area (Å²) in [6.07, 6.45) is 1.71. The Kier molecular flexibility index (Phi) is 4.72. The predicted octanol–water partition coefficient (Wildman–Crippen LogP) is 3.49. The molecule has 0 spiro atoms. The largest absolute Gasteiger partial charge is 0.486 e. The fraction of sp³-hybridized carbons (Fsp3) is 0.375. The van der Waals surface area contributed by atoms with Gasteiger partial charge < -0.3 is 19.2 Å². The van der Waals surface area contributed by atoms with Gasteiger partial charge in [0.25, 0.3) is 0 Å².